The number of rotatable bonds is 4. The highest BCUT2D eigenvalue weighted by atomic mass is 127. The van der Waals surface area contributed by atoms with Gasteiger partial charge in [0.2, 0.25) is 0 Å². The molecule has 1 aromatic carbocycles. The van der Waals surface area contributed by atoms with Gasteiger partial charge in [-0.25, -0.2) is 0 Å². The van der Waals surface area contributed by atoms with E-state index in [0.717, 1.165) is 19.0 Å². The number of halogens is 1. The molecule has 0 aliphatic heterocycles. The molecule has 0 saturated heterocycles. The third-order valence-electron chi connectivity index (χ3n) is 4.77. The van der Waals surface area contributed by atoms with Gasteiger partial charge in [-0.2, -0.15) is 0 Å². The van der Waals surface area contributed by atoms with E-state index in [1.165, 1.54) is 49.7 Å². The largest absolute Gasteiger partial charge is 0.370 e. The maximum absolute atomic E-state index is 5.98. The molecular formula is C17H26IN3. The van der Waals surface area contributed by atoms with E-state index in [1.807, 2.05) is 0 Å². The number of aryl methyl sites for hydroxylation is 1. The van der Waals surface area contributed by atoms with Crippen molar-refractivity contribution < 1.29 is 0 Å². The highest BCUT2D eigenvalue weighted by molar-refractivity contribution is 14.0. The molecule has 0 aromatic heterocycles. The Bertz CT molecular complexity index is 483. The van der Waals surface area contributed by atoms with E-state index in [0.29, 0.717) is 11.9 Å². The first kappa shape index (κ1) is 16.6. The van der Waals surface area contributed by atoms with E-state index >= 15 is 0 Å². The summed E-state index contributed by atoms with van der Waals surface area (Å²) in [6.45, 7) is 1.82. The Kier molecular flexibility index (Phi) is 6.33. The summed E-state index contributed by atoms with van der Waals surface area (Å²) in [5.41, 5.74) is 8.98. The molecular weight excluding hydrogens is 373 g/mol. The smallest absolute Gasteiger partial charge is 0.188 e. The molecule has 1 atom stereocenters. The minimum atomic E-state index is 0. The maximum Gasteiger partial charge on any atom is 0.188 e. The Balaban J connectivity index is 0.00000161. The summed E-state index contributed by atoms with van der Waals surface area (Å²) in [6.07, 6.45) is 7.77. The van der Waals surface area contributed by atoms with E-state index < -0.39 is 0 Å². The highest BCUT2D eigenvalue weighted by Gasteiger charge is 2.20. The molecule has 1 aromatic rings. The number of benzene rings is 1. The third-order valence-corrected chi connectivity index (χ3v) is 4.77. The summed E-state index contributed by atoms with van der Waals surface area (Å²) in [5.74, 6) is 1.99. The van der Waals surface area contributed by atoms with Crippen LogP contribution in [0.2, 0.25) is 0 Å². The fraction of sp³-hybridized carbons (Fsp3) is 0.588. The van der Waals surface area contributed by atoms with Gasteiger partial charge in [-0.15, -0.1) is 24.0 Å². The first-order valence-corrected chi connectivity index (χ1v) is 7.94. The van der Waals surface area contributed by atoms with Crippen LogP contribution in [0.25, 0.3) is 0 Å². The number of nitrogens with one attached hydrogen (secondary N) is 1. The first-order chi connectivity index (χ1) is 9.83. The summed E-state index contributed by atoms with van der Waals surface area (Å²) in [7, 11) is 0. The SMILES string of the molecule is I.NC(=NCC1CCC1)NCC1CCCc2ccccc21. The second-order valence-electron chi connectivity index (χ2n) is 6.19. The van der Waals surface area contributed by atoms with Crippen LogP contribution in [0.4, 0.5) is 0 Å². The average molecular weight is 399 g/mol. The van der Waals surface area contributed by atoms with Gasteiger partial charge in [0.05, 0.1) is 0 Å². The van der Waals surface area contributed by atoms with E-state index in [2.05, 4.69) is 34.6 Å². The number of aliphatic imine (C=N–C) groups is 1. The molecule has 4 heteroatoms. The average Bonchev–Trinajstić information content (AvgIpc) is 2.43. The predicted octanol–water partition coefficient (Wildman–Crippen LogP) is 3.43. The topological polar surface area (TPSA) is 50.4 Å². The summed E-state index contributed by atoms with van der Waals surface area (Å²) in [4.78, 5) is 4.47. The minimum absolute atomic E-state index is 0. The second-order valence-corrected chi connectivity index (χ2v) is 6.19. The van der Waals surface area contributed by atoms with Crippen LogP contribution in [0.15, 0.2) is 29.3 Å². The van der Waals surface area contributed by atoms with Gasteiger partial charge in [0.15, 0.2) is 5.96 Å². The fourth-order valence-electron chi connectivity index (χ4n) is 3.25. The number of fused-ring (bicyclic) bond motifs is 1. The molecule has 116 valence electrons. The monoisotopic (exact) mass is 399 g/mol. The van der Waals surface area contributed by atoms with Gasteiger partial charge >= 0.3 is 0 Å². The van der Waals surface area contributed by atoms with Crippen LogP contribution in [-0.2, 0) is 6.42 Å². The fourth-order valence-corrected chi connectivity index (χ4v) is 3.25. The third kappa shape index (κ3) is 4.34. The molecule has 2 aliphatic carbocycles. The van der Waals surface area contributed by atoms with Crippen molar-refractivity contribution in [2.75, 3.05) is 13.1 Å². The highest BCUT2D eigenvalue weighted by Crippen LogP contribution is 2.30. The van der Waals surface area contributed by atoms with Gasteiger partial charge in [-0.3, -0.25) is 4.99 Å². The predicted molar refractivity (Wildman–Crippen MR) is 99.4 cm³/mol. The van der Waals surface area contributed by atoms with Crippen molar-refractivity contribution in [2.24, 2.45) is 16.6 Å². The molecule has 1 unspecified atom stereocenters. The molecule has 1 saturated carbocycles. The van der Waals surface area contributed by atoms with Crippen LogP contribution in [0.3, 0.4) is 0 Å². The lowest BCUT2D eigenvalue weighted by molar-refractivity contribution is 0.326. The van der Waals surface area contributed by atoms with Crippen LogP contribution in [-0.4, -0.2) is 19.0 Å². The summed E-state index contributed by atoms with van der Waals surface area (Å²) >= 11 is 0. The zero-order valence-electron chi connectivity index (χ0n) is 12.6. The van der Waals surface area contributed by atoms with Crippen molar-refractivity contribution in [1.29, 1.82) is 0 Å². The lowest BCUT2D eigenvalue weighted by atomic mass is 9.83. The number of guanidine groups is 1. The molecule has 3 rings (SSSR count). The van der Waals surface area contributed by atoms with E-state index in [9.17, 15) is 0 Å². The lowest BCUT2D eigenvalue weighted by Gasteiger charge is -2.26. The van der Waals surface area contributed by atoms with Crippen molar-refractivity contribution in [2.45, 2.75) is 44.4 Å². The number of nitrogens with two attached hydrogens (primary N) is 1. The zero-order valence-corrected chi connectivity index (χ0v) is 14.9. The van der Waals surface area contributed by atoms with Crippen molar-refractivity contribution in [3.8, 4) is 0 Å². The molecule has 0 radical (unpaired) electrons. The molecule has 21 heavy (non-hydrogen) atoms. The van der Waals surface area contributed by atoms with E-state index in [1.54, 1.807) is 0 Å². The van der Waals surface area contributed by atoms with Gasteiger partial charge in [0.1, 0.15) is 0 Å². The Morgan fingerprint density at radius 3 is 2.76 bits per heavy atom. The van der Waals surface area contributed by atoms with Crippen LogP contribution >= 0.6 is 24.0 Å². The Morgan fingerprint density at radius 2 is 2.00 bits per heavy atom. The van der Waals surface area contributed by atoms with Crippen LogP contribution in [0.5, 0.6) is 0 Å². The number of nitrogens with zero attached hydrogens (tertiary/aromatic N) is 1. The molecule has 3 nitrogen and oxygen atoms in total. The standard InChI is InChI=1S/C17H25N3.HI/c18-17(19-11-13-5-3-6-13)20-12-15-9-4-8-14-7-1-2-10-16(14)15;/h1-2,7,10,13,15H,3-6,8-9,11-12H2,(H3,18,19,20);1H. The summed E-state index contributed by atoms with van der Waals surface area (Å²) in [6, 6.07) is 8.81. The lowest BCUT2D eigenvalue weighted by Crippen LogP contribution is -2.36. The quantitative estimate of drug-likeness (QED) is 0.463. The maximum atomic E-state index is 5.98. The van der Waals surface area contributed by atoms with Gasteiger partial charge in [0, 0.05) is 19.0 Å². The molecule has 3 N–H and O–H groups in total. The Labute approximate surface area is 144 Å². The van der Waals surface area contributed by atoms with Gasteiger partial charge in [0.25, 0.3) is 0 Å². The minimum Gasteiger partial charge on any atom is -0.370 e. The molecule has 0 heterocycles. The number of hydrogen-bond acceptors (Lipinski definition) is 1. The van der Waals surface area contributed by atoms with Gasteiger partial charge in [-0.05, 0) is 49.1 Å². The van der Waals surface area contributed by atoms with Crippen molar-refractivity contribution in [3.63, 3.8) is 0 Å². The van der Waals surface area contributed by atoms with Crippen molar-refractivity contribution in [1.82, 2.24) is 5.32 Å². The zero-order chi connectivity index (χ0) is 13.8. The molecule has 0 amide bonds. The van der Waals surface area contributed by atoms with Gasteiger partial charge in [-0.1, -0.05) is 30.7 Å². The molecule has 0 spiro atoms. The van der Waals surface area contributed by atoms with Crippen LogP contribution in [0, 0.1) is 5.92 Å². The normalized spacial score (nSPS) is 21.9. The molecule has 2 aliphatic rings. The van der Waals surface area contributed by atoms with Crippen LogP contribution < -0.4 is 11.1 Å². The molecule has 1 fully saturated rings. The Hall–Kier alpha value is -0.780. The van der Waals surface area contributed by atoms with E-state index in [4.69, 9.17) is 5.73 Å². The van der Waals surface area contributed by atoms with Crippen LogP contribution in [0.1, 0.15) is 49.1 Å². The van der Waals surface area contributed by atoms with Crippen molar-refractivity contribution in [3.05, 3.63) is 35.4 Å². The summed E-state index contributed by atoms with van der Waals surface area (Å²) in [5, 5.41) is 3.32. The summed E-state index contributed by atoms with van der Waals surface area (Å²) < 4.78 is 0. The second kappa shape index (κ2) is 8.01. The number of hydrogen-bond donors (Lipinski definition) is 2. The van der Waals surface area contributed by atoms with Gasteiger partial charge < -0.3 is 11.1 Å². The Morgan fingerprint density at radius 1 is 1.19 bits per heavy atom. The van der Waals surface area contributed by atoms with Crippen molar-refractivity contribution >= 4 is 29.9 Å². The van der Waals surface area contributed by atoms with E-state index in [-0.39, 0.29) is 24.0 Å². The first-order valence-electron chi connectivity index (χ1n) is 7.94. The molecule has 0 bridgehead atoms.